The number of carbonyl (C=O) groups excluding carboxylic acids is 3. The van der Waals surface area contributed by atoms with E-state index < -0.39 is 12.0 Å². The third-order valence-electron chi connectivity index (χ3n) is 2.58. The van der Waals surface area contributed by atoms with Crippen molar-refractivity contribution in [3.05, 3.63) is 11.1 Å². The lowest BCUT2D eigenvalue weighted by Crippen LogP contribution is -2.31. The standard InChI is InChI=1S/C10H11N3O4S/c1-13-7(14)3-5(8(13)15)11-10-12-6(4-18-10)9(16)17-2/h4-5H,3H2,1-2H3,(H,11,12). The first-order valence-electron chi connectivity index (χ1n) is 5.13. The molecule has 0 aliphatic carbocycles. The van der Waals surface area contributed by atoms with Gasteiger partial charge in [-0.3, -0.25) is 14.5 Å². The molecule has 8 heteroatoms. The zero-order valence-corrected chi connectivity index (χ0v) is 10.6. The number of amides is 2. The Labute approximate surface area is 107 Å². The van der Waals surface area contributed by atoms with Crippen molar-refractivity contribution in [2.75, 3.05) is 19.5 Å². The number of nitrogens with zero attached hydrogens (tertiary/aromatic N) is 2. The Bertz CT molecular complexity index is 513. The molecule has 1 fully saturated rings. The molecule has 0 radical (unpaired) electrons. The SMILES string of the molecule is COC(=O)c1csc(NC2CC(=O)N(C)C2=O)n1. The molecule has 2 rings (SSSR count). The topological polar surface area (TPSA) is 88.6 Å². The second-order valence-electron chi connectivity index (χ2n) is 3.72. The molecule has 96 valence electrons. The molecule has 1 atom stereocenters. The van der Waals surface area contributed by atoms with Crippen LogP contribution in [0.4, 0.5) is 5.13 Å². The smallest absolute Gasteiger partial charge is 0.357 e. The van der Waals surface area contributed by atoms with E-state index in [1.54, 1.807) is 0 Å². The number of likely N-dealkylation sites (tertiary alicyclic amines) is 1. The monoisotopic (exact) mass is 269 g/mol. The van der Waals surface area contributed by atoms with Crippen molar-refractivity contribution in [1.29, 1.82) is 0 Å². The number of anilines is 1. The highest BCUT2D eigenvalue weighted by Gasteiger charge is 2.36. The van der Waals surface area contributed by atoms with Crippen LogP contribution in [0.5, 0.6) is 0 Å². The van der Waals surface area contributed by atoms with Gasteiger partial charge in [-0.2, -0.15) is 0 Å². The minimum Gasteiger partial charge on any atom is -0.464 e. The normalized spacial score (nSPS) is 19.2. The van der Waals surface area contributed by atoms with Crippen LogP contribution in [0.15, 0.2) is 5.38 Å². The summed E-state index contributed by atoms with van der Waals surface area (Å²) < 4.78 is 4.52. The van der Waals surface area contributed by atoms with E-state index in [0.29, 0.717) is 5.13 Å². The number of aromatic nitrogens is 1. The zero-order chi connectivity index (χ0) is 13.3. The third-order valence-corrected chi connectivity index (χ3v) is 3.35. The number of thiazole rings is 1. The van der Waals surface area contributed by atoms with Crippen LogP contribution in [-0.2, 0) is 14.3 Å². The maximum absolute atomic E-state index is 11.6. The minimum atomic E-state index is -0.612. The molecule has 0 saturated carbocycles. The lowest BCUT2D eigenvalue weighted by Gasteiger charge is -2.09. The summed E-state index contributed by atoms with van der Waals surface area (Å²) in [5.41, 5.74) is 0.176. The third kappa shape index (κ3) is 2.19. The van der Waals surface area contributed by atoms with Crippen LogP contribution in [0.25, 0.3) is 0 Å². The molecule has 1 aliphatic rings. The van der Waals surface area contributed by atoms with Gasteiger partial charge in [0.05, 0.1) is 13.5 Å². The molecule has 1 N–H and O–H groups in total. The van der Waals surface area contributed by atoms with E-state index in [-0.39, 0.29) is 23.9 Å². The largest absolute Gasteiger partial charge is 0.464 e. The van der Waals surface area contributed by atoms with Crippen LogP contribution in [0.2, 0.25) is 0 Å². The van der Waals surface area contributed by atoms with E-state index in [4.69, 9.17) is 0 Å². The van der Waals surface area contributed by atoms with Gasteiger partial charge in [-0.1, -0.05) is 0 Å². The van der Waals surface area contributed by atoms with Gasteiger partial charge < -0.3 is 10.1 Å². The molecule has 18 heavy (non-hydrogen) atoms. The summed E-state index contributed by atoms with van der Waals surface area (Å²) in [5, 5.41) is 4.78. The van der Waals surface area contributed by atoms with E-state index in [2.05, 4.69) is 15.0 Å². The van der Waals surface area contributed by atoms with Crippen molar-refractivity contribution in [2.24, 2.45) is 0 Å². The Morgan fingerprint density at radius 3 is 2.89 bits per heavy atom. The van der Waals surface area contributed by atoms with Crippen LogP contribution in [-0.4, -0.2) is 47.9 Å². The highest BCUT2D eigenvalue weighted by molar-refractivity contribution is 7.13. The Hall–Kier alpha value is -1.96. The Kier molecular flexibility index (Phi) is 3.28. The number of ether oxygens (including phenoxy) is 1. The molecule has 1 aromatic rings. The number of rotatable bonds is 3. The summed E-state index contributed by atoms with van der Waals surface area (Å²) >= 11 is 1.18. The average Bonchev–Trinajstić information content (AvgIpc) is 2.91. The maximum atomic E-state index is 11.6. The molecule has 0 bridgehead atoms. The fourth-order valence-electron chi connectivity index (χ4n) is 1.56. The van der Waals surface area contributed by atoms with Crippen LogP contribution >= 0.6 is 11.3 Å². The molecule has 2 amide bonds. The van der Waals surface area contributed by atoms with E-state index >= 15 is 0 Å². The molecule has 1 saturated heterocycles. The Morgan fingerprint density at radius 1 is 1.61 bits per heavy atom. The second-order valence-corrected chi connectivity index (χ2v) is 4.58. The number of carbonyl (C=O) groups is 3. The summed E-state index contributed by atoms with van der Waals surface area (Å²) in [6.45, 7) is 0. The molecule has 1 unspecified atom stereocenters. The first-order chi connectivity index (χ1) is 8.52. The van der Waals surface area contributed by atoms with Crippen molar-refractivity contribution < 1.29 is 19.1 Å². The van der Waals surface area contributed by atoms with Crippen LogP contribution in [0.1, 0.15) is 16.9 Å². The van der Waals surface area contributed by atoms with Crippen LogP contribution in [0, 0.1) is 0 Å². The number of hydrogen-bond donors (Lipinski definition) is 1. The number of esters is 1. The van der Waals surface area contributed by atoms with E-state index in [9.17, 15) is 14.4 Å². The van der Waals surface area contributed by atoms with Gasteiger partial charge in [0.2, 0.25) is 5.91 Å². The fourth-order valence-corrected chi connectivity index (χ4v) is 2.29. The molecule has 1 aromatic heterocycles. The van der Waals surface area contributed by atoms with Crippen LogP contribution < -0.4 is 5.32 Å². The molecule has 1 aliphatic heterocycles. The highest BCUT2D eigenvalue weighted by atomic mass is 32.1. The van der Waals surface area contributed by atoms with Gasteiger partial charge in [0, 0.05) is 12.4 Å². The lowest BCUT2D eigenvalue weighted by atomic mass is 10.2. The van der Waals surface area contributed by atoms with E-state index in [1.165, 1.54) is 30.9 Å². The summed E-state index contributed by atoms with van der Waals surface area (Å²) in [4.78, 5) is 39.2. The first-order valence-corrected chi connectivity index (χ1v) is 6.01. The molecular weight excluding hydrogens is 258 g/mol. The molecular formula is C10H11N3O4S. The summed E-state index contributed by atoms with van der Waals surface area (Å²) in [7, 11) is 2.71. The van der Waals surface area contributed by atoms with Crippen LogP contribution in [0.3, 0.4) is 0 Å². The quantitative estimate of drug-likeness (QED) is 0.618. The zero-order valence-electron chi connectivity index (χ0n) is 9.80. The van der Waals surface area contributed by atoms with Crippen molar-refractivity contribution in [1.82, 2.24) is 9.88 Å². The predicted octanol–water partition coefficient (Wildman–Crippen LogP) is 0.0989. The van der Waals surface area contributed by atoms with Crippen molar-refractivity contribution in [3.8, 4) is 0 Å². The molecule has 7 nitrogen and oxygen atoms in total. The Balaban J connectivity index is 2.07. The van der Waals surface area contributed by atoms with Gasteiger partial charge >= 0.3 is 5.97 Å². The van der Waals surface area contributed by atoms with Gasteiger partial charge in [-0.05, 0) is 0 Å². The van der Waals surface area contributed by atoms with Gasteiger partial charge in [0.1, 0.15) is 6.04 Å². The average molecular weight is 269 g/mol. The molecule has 0 aromatic carbocycles. The fraction of sp³-hybridized carbons (Fsp3) is 0.400. The number of hydrogen-bond acceptors (Lipinski definition) is 7. The Morgan fingerprint density at radius 2 is 2.33 bits per heavy atom. The lowest BCUT2D eigenvalue weighted by molar-refractivity contribution is -0.136. The number of nitrogens with one attached hydrogen (secondary N) is 1. The number of imide groups is 1. The van der Waals surface area contributed by atoms with Crippen molar-refractivity contribution >= 4 is 34.3 Å². The van der Waals surface area contributed by atoms with Gasteiger partial charge in [-0.25, -0.2) is 9.78 Å². The molecule has 0 spiro atoms. The van der Waals surface area contributed by atoms with Gasteiger partial charge in [0.15, 0.2) is 10.8 Å². The molecule has 2 heterocycles. The summed E-state index contributed by atoms with van der Waals surface area (Å²) in [6.07, 6.45) is 0.0997. The summed E-state index contributed by atoms with van der Waals surface area (Å²) in [6, 6.07) is -0.612. The van der Waals surface area contributed by atoms with Gasteiger partial charge in [-0.15, -0.1) is 11.3 Å². The highest BCUT2D eigenvalue weighted by Crippen LogP contribution is 2.21. The summed E-state index contributed by atoms with van der Waals surface area (Å²) in [5.74, 6) is -1.07. The number of likely N-dealkylation sites (N-methyl/N-ethyl adjacent to an activating group) is 1. The van der Waals surface area contributed by atoms with E-state index in [1.807, 2.05) is 0 Å². The van der Waals surface area contributed by atoms with Crippen molar-refractivity contribution in [3.63, 3.8) is 0 Å². The van der Waals surface area contributed by atoms with E-state index in [0.717, 1.165) is 4.90 Å². The maximum Gasteiger partial charge on any atom is 0.357 e. The predicted molar refractivity (Wildman–Crippen MR) is 63.3 cm³/mol. The number of methoxy groups -OCH3 is 1. The van der Waals surface area contributed by atoms with Crippen molar-refractivity contribution in [2.45, 2.75) is 12.5 Å². The minimum absolute atomic E-state index is 0.0997. The van der Waals surface area contributed by atoms with Gasteiger partial charge in [0.25, 0.3) is 5.91 Å². The second kappa shape index (κ2) is 4.73. The first kappa shape index (κ1) is 12.5.